The fraction of sp³-hybridized carbons (Fsp3) is 1.00. The van der Waals surface area contributed by atoms with Crippen molar-refractivity contribution in [2.45, 2.75) is 51.6 Å². The molecule has 2 rings (SSSR count). The second-order valence-corrected chi connectivity index (χ2v) is 5.81. The van der Waals surface area contributed by atoms with Crippen LogP contribution >= 0.6 is 15.9 Å². The Balaban J connectivity index is 1.73. The van der Waals surface area contributed by atoms with Gasteiger partial charge in [0.15, 0.2) is 0 Å². The first-order valence-corrected chi connectivity index (χ1v) is 7.05. The molecule has 0 spiro atoms. The summed E-state index contributed by atoms with van der Waals surface area (Å²) in [5.41, 5.74) is 0.525. The minimum Gasteiger partial charge on any atom is -0.377 e. The number of ether oxygens (including phenoxy) is 1. The second kappa shape index (κ2) is 4.52. The molecule has 0 aliphatic heterocycles. The van der Waals surface area contributed by atoms with Gasteiger partial charge in [-0.2, -0.15) is 0 Å². The first-order chi connectivity index (χ1) is 6.76. The largest absolute Gasteiger partial charge is 0.377 e. The van der Waals surface area contributed by atoms with Crippen LogP contribution in [0.1, 0.15) is 45.4 Å². The van der Waals surface area contributed by atoms with Gasteiger partial charge in [0.25, 0.3) is 0 Å². The van der Waals surface area contributed by atoms with E-state index in [2.05, 4.69) is 22.9 Å². The quantitative estimate of drug-likeness (QED) is 0.700. The van der Waals surface area contributed by atoms with E-state index in [0.717, 1.165) is 17.9 Å². The minimum atomic E-state index is 0.525. The van der Waals surface area contributed by atoms with Gasteiger partial charge in [-0.15, -0.1) is 0 Å². The second-order valence-electron chi connectivity index (χ2n) is 5.24. The third-order valence-corrected chi connectivity index (χ3v) is 5.07. The molecule has 0 radical (unpaired) electrons. The molecule has 0 saturated heterocycles. The Hall–Kier alpha value is 0.440. The van der Waals surface area contributed by atoms with Crippen LogP contribution < -0.4 is 0 Å². The Morgan fingerprint density at radius 3 is 2.57 bits per heavy atom. The van der Waals surface area contributed by atoms with Crippen molar-refractivity contribution in [3.05, 3.63) is 0 Å². The Morgan fingerprint density at radius 1 is 1.29 bits per heavy atom. The van der Waals surface area contributed by atoms with Gasteiger partial charge in [0.1, 0.15) is 0 Å². The highest BCUT2D eigenvalue weighted by atomic mass is 79.9. The van der Waals surface area contributed by atoms with Crippen LogP contribution in [0.3, 0.4) is 0 Å². The van der Waals surface area contributed by atoms with Crippen LogP contribution in [0.4, 0.5) is 0 Å². The van der Waals surface area contributed by atoms with Gasteiger partial charge in [0.05, 0.1) is 12.7 Å². The van der Waals surface area contributed by atoms with E-state index in [9.17, 15) is 0 Å². The van der Waals surface area contributed by atoms with E-state index < -0.39 is 0 Å². The van der Waals surface area contributed by atoms with Crippen molar-refractivity contribution in [1.29, 1.82) is 0 Å². The summed E-state index contributed by atoms with van der Waals surface area (Å²) in [7, 11) is 0. The van der Waals surface area contributed by atoms with Gasteiger partial charge in [0.2, 0.25) is 0 Å². The van der Waals surface area contributed by atoms with E-state index in [-0.39, 0.29) is 0 Å². The Morgan fingerprint density at radius 2 is 2.00 bits per heavy atom. The monoisotopic (exact) mass is 260 g/mol. The van der Waals surface area contributed by atoms with E-state index in [1.165, 1.54) is 38.5 Å². The van der Waals surface area contributed by atoms with Crippen molar-refractivity contribution < 1.29 is 4.74 Å². The molecule has 14 heavy (non-hydrogen) atoms. The molecular weight excluding hydrogens is 240 g/mol. The molecule has 0 heterocycles. The summed E-state index contributed by atoms with van der Waals surface area (Å²) in [6, 6.07) is 0. The summed E-state index contributed by atoms with van der Waals surface area (Å²) in [5.74, 6) is 0.787. The number of hydrogen-bond acceptors (Lipinski definition) is 1. The fourth-order valence-corrected chi connectivity index (χ4v) is 3.03. The number of hydrogen-bond donors (Lipinski definition) is 0. The smallest absolute Gasteiger partial charge is 0.0600 e. The first kappa shape index (κ1) is 10.9. The van der Waals surface area contributed by atoms with Gasteiger partial charge < -0.3 is 4.74 Å². The number of rotatable bonds is 4. The summed E-state index contributed by atoms with van der Waals surface area (Å²) in [4.78, 5) is 0. The third-order valence-electron chi connectivity index (χ3n) is 3.88. The van der Waals surface area contributed by atoms with Crippen LogP contribution in [0.5, 0.6) is 0 Å². The van der Waals surface area contributed by atoms with Crippen LogP contribution in [0, 0.1) is 11.3 Å². The first-order valence-electron chi connectivity index (χ1n) is 5.93. The molecule has 0 N–H and O–H groups in total. The van der Waals surface area contributed by atoms with Gasteiger partial charge in [-0.25, -0.2) is 0 Å². The zero-order valence-corrected chi connectivity index (χ0v) is 10.7. The molecule has 1 nitrogen and oxygen atoms in total. The molecule has 0 amide bonds. The summed E-state index contributed by atoms with van der Waals surface area (Å²) >= 11 is 3.59. The van der Waals surface area contributed by atoms with E-state index in [0.29, 0.717) is 11.5 Å². The van der Waals surface area contributed by atoms with E-state index >= 15 is 0 Å². The molecule has 2 aliphatic rings. The molecule has 2 fully saturated rings. The van der Waals surface area contributed by atoms with Crippen molar-refractivity contribution in [1.82, 2.24) is 0 Å². The fourth-order valence-electron chi connectivity index (χ4n) is 2.31. The van der Waals surface area contributed by atoms with Gasteiger partial charge in [-0.05, 0) is 31.6 Å². The lowest BCUT2D eigenvalue weighted by Crippen LogP contribution is -2.28. The van der Waals surface area contributed by atoms with Crippen molar-refractivity contribution in [3.63, 3.8) is 0 Å². The summed E-state index contributed by atoms with van der Waals surface area (Å²) in [6.07, 6.45) is 8.71. The van der Waals surface area contributed by atoms with Crippen molar-refractivity contribution >= 4 is 15.9 Å². The highest BCUT2D eigenvalue weighted by Crippen LogP contribution is 2.47. The molecular formula is C12H21BrO. The molecule has 2 heteroatoms. The predicted molar refractivity (Wildman–Crippen MR) is 62.8 cm³/mol. The van der Waals surface area contributed by atoms with Gasteiger partial charge >= 0.3 is 0 Å². The maximum Gasteiger partial charge on any atom is 0.0600 e. The lowest BCUT2D eigenvalue weighted by atomic mass is 9.88. The Labute approximate surface area is 95.7 Å². The molecule has 0 aromatic carbocycles. The zero-order valence-electron chi connectivity index (χ0n) is 9.10. The lowest BCUT2D eigenvalue weighted by molar-refractivity contribution is -0.0230. The topological polar surface area (TPSA) is 9.23 Å². The average Bonchev–Trinajstić information content (AvgIpc) is 2.98. The van der Waals surface area contributed by atoms with E-state index in [1.54, 1.807) is 0 Å². The summed E-state index contributed by atoms with van der Waals surface area (Å²) in [5, 5.41) is 1.13. The number of halogens is 1. The number of alkyl halides is 1. The Kier molecular flexibility index (Phi) is 3.54. The van der Waals surface area contributed by atoms with Gasteiger partial charge in [-0.3, -0.25) is 0 Å². The van der Waals surface area contributed by atoms with Crippen LogP contribution in [0.25, 0.3) is 0 Å². The van der Waals surface area contributed by atoms with Crippen LogP contribution in [-0.4, -0.2) is 18.0 Å². The van der Waals surface area contributed by atoms with Gasteiger partial charge in [-0.1, -0.05) is 35.7 Å². The lowest BCUT2D eigenvalue weighted by Gasteiger charge is -2.30. The normalized spacial score (nSPS) is 35.6. The maximum absolute atomic E-state index is 6.08. The molecule has 2 unspecified atom stereocenters. The molecule has 0 aromatic rings. The SMILES string of the molecule is CC1CCCCC1OCC1(CBr)CC1. The van der Waals surface area contributed by atoms with Crippen molar-refractivity contribution in [2.75, 3.05) is 11.9 Å². The molecule has 82 valence electrons. The van der Waals surface area contributed by atoms with E-state index in [4.69, 9.17) is 4.74 Å². The van der Waals surface area contributed by atoms with Gasteiger partial charge in [0, 0.05) is 10.7 Å². The molecule has 0 aromatic heterocycles. The molecule has 2 aliphatic carbocycles. The average molecular weight is 261 g/mol. The highest BCUT2D eigenvalue weighted by molar-refractivity contribution is 9.09. The summed E-state index contributed by atoms with van der Waals surface area (Å²) < 4.78 is 6.08. The highest BCUT2D eigenvalue weighted by Gasteiger charge is 2.42. The van der Waals surface area contributed by atoms with Crippen molar-refractivity contribution in [2.24, 2.45) is 11.3 Å². The third kappa shape index (κ3) is 2.52. The zero-order chi connectivity index (χ0) is 10.0. The Bertz CT molecular complexity index is 189. The van der Waals surface area contributed by atoms with Crippen LogP contribution in [0.15, 0.2) is 0 Å². The predicted octanol–water partition coefficient (Wildman–Crippen LogP) is 3.76. The van der Waals surface area contributed by atoms with Crippen LogP contribution in [0.2, 0.25) is 0 Å². The van der Waals surface area contributed by atoms with Crippen molar-refractivity contribution in [3.8, 4) is 0 Å². The van der Waals surface area contributed by atoms with Crippen LogP contribution in [-0.2, 0) is 4.74 Å². The molecule has 0 bridgehead atoms. The summed E-state index contributed by atoms with van der Waals surface area (Å²) in [6.45, 7) is 3.34. The van der Waals surface area contributed by atoms with E-state index in [1.807, 2.05) is 0 Å². The maximum atomic E-state index is 6.08. The minimum absolute atomic E-state index is 0.525. The molecule has 2 saturated carbocycles. The standard InChI is InChI=1S/C12H21BrO/c1-10-4-2-3-5-11(10)14-9-12(8-13)6-7-12/h10-11H,2-9H2,1H3. The molecule has 2 atom stereocenters.